The second-order valence-corrected chi connectivity index (χ2v) is 28.2. The summed E-state index contributed by atoms with van der Waals surface area (Å²) in [5, 5.41) is 48.3. The van der Waals surface area contributed by atoms with Crippen LogP contribution in [0.3, 0.4) is 0 Å². The molecular weight excluding hydrogens is 965 g/mol. The third-order valence-electron chi connectivity index (χ3n) is 21.8. The van der Waals surface area contributed by atoms with Crippen LogP contribution < -0.4 is 10.6 Å². The molecule has 0 heterocycles. The molecule has 20 atom stereocenters. The Morgan fingerprint density at radius 1 is 0.536 bits per heavy atom. The van der Waals surface area contributed by atoms with Crippen LogP contribution in [-0.4, -0.2) is 107 Å². The maximum Gasteiger partial charge on any atom is 2.00 e. The molecule has 0 aromatic carbocycles. The van der Waals surface area contributed by atoms with Gasteiger partial charge in [-0.1, -0.05) is 41.5 Å². The van der Waals surface area contributed by atoms with E-state index in [1.54, 1.807) is 0 Å². The van der Waals surface area contributed by atoms with Gasteiger partial charge in [-0.3, -0.25) is 9.59 Å². The summed E-state index contributed by atoms with van der Waals surface area (Å²) in [6, 6.07) is 0. The third kappa shape index (κ3) is 12.1. The van der Waals surface area contributed by atoms with Gasteiger partial charge in [0.15, 0.2) is 0 Å². The number of nitrogens with one attached hydrogen (secondary N) is 2. The van der Waals surface area contributed by atoms with Gasteiger partial charge in [-0.25, -0.2) is 16.8 Å². The Bertz CT molecular complexity index is 1870. The molecule has 0 spiro atoms. The zero-order valence-electron chi connectivity index (χ0n) is 42.4. The number of fused-ring (bicyclic) bond motifs is 10. The first-order valence-corrected chi connectivity index (χ1v) is 30.0. The normalized spacial score (nSPS) is 44.4. The molecule has 0 saturated heterocycles. The molecule has 0 aromatic heterocycles. The van der Waals surface area contributed by atoms with Crippen molar-refractivity contribution in [3.05, 3.63) is 0 Å². The Morgan fingerprint density at radius 3 is 1.22 bits per heavy atom. The Balaban J connectivity index is 0.000000224. The third-order valence-corrected chi connectivity index (χ3v) is 23.2. The molecule has 0 bridgehead atoms. The molecule has 6 N–H and O–H groups in total. The molecular formula is C52H88FeN2O12S2. The predicted octanol–water partition coefficient (Wildman–Crippen LogP) is 6.11. The molecule has 8 saturated carbocycles. The maximum atomic E-state index is 12.2. The average molecular weight is 1050 g/mol. The van der Waals surface area contributed by atoms with Gasteiger partial charge >= 0.3 is 17.1 Å². The van der Waals surface area contributed by atoms with Crippen molar-refractivity contribution in [3.63, 3.8) is 0 Å². The second kappa shape index (κ2) is 22.1. The quantitative estimate of drug-likeness (QED) is 0.0852. The fraction of sp³-hybridized carbons (Fsp3) is 0.962. The van der Waals surface area contributed by atoms with Crippen LogP contribution in [0.5, 0.6) is 0 Å². The summed E-state index contributed by atoms with van der Waals surface area (Å²) in [5.41, 5.74) is 0.797. The first-order valence-electron chi connectivity index (χ1n) is 26.8. The van der Waals surface area contributed by atoms with Gasteiger partial charge in [0.25, 0.3) is 0 Å². The topological polar surface area (TPSA) is 254 Å². The summed E-state index contributed by atoms with van der Waals surface area (Å²) in [4.78, 5) is 24.4. The molecule has 8 aliphatic rings. The first kappa shape index (κ1) is 57.4. The van der Waals surface area contributed by atoms with Crippen molar-refractivity contribution in [1.29, 1.82) is 0 Å². The van der Waals surface area contributed by atoms with Crippen molar-refractivity contribution in [3.8, 4) is 0 Å². The number of hydrogen-bond donors (Lipinski definition) is 6. The molecule has 8 fully saturated rings. The molecule has 0 radical (unpaired) electrons. The second-order valence-electron chi connectivity index (χ2n) is 25.2. The van der Waals surface area contributed by atoms with Gasteiger partial charge in [0.1, 0.15) is 0 Å². The van der Waals surface area contributed by atoms with Crippen molar-refractivity contribution in [1.82, 2.24) is 10.6 Å². The summed E-state index contributed by atoms with van der Waals surface area (Å²) in [6.07, 6.45) is 17.6. The van der Waals surface area contributed by atoms with Gasteiger partial charge in [-0.05, 0) is 208 Å². The summed E-state index contributed by atoms with van der Waals surface area (Å²) in [5.74, 6) is 3.83. The molecule has 0 aliphatic heterocycles. The average Bonchev–Trinajstić information content (AvgIpc) is 3.79. The van der Waals surface area contributed by atoms with Crippen molar-refractivity contribution in [2.24, 2.45) is 92.7 Å². The molecule has 69 heavy (non-hydrogen) atoms. The monoisotopic (exact) mass is 1050 g/mol. The number of carbonyl (C=O) groups is 2. The van der Waals surface area contributed by atoms with Crippen LogP contribution in [0.15, 0.2) is 0 Å². The Morgan fingerprint density at radius 2 is 0.870 bits per heavy atom. The number of aliphatic hydroxyl groups excluding tert-OH is 4. The summed E-state index contributed by atoms with van der Waals surface area (Å²) >= 11 is 0. The minimum atomic E-state index is -4.31. The Kier molecular flexibility index (Phi) is 18.4. The molecule has 398 valence electrons. The standard InChI is InChI=1S/2C26H45NO6S.Fe/c2*1-16(4-7-23(30)27-12-13-34(31,32)33)19-5-6-20-24-21(9-11-26(19,20)3)25(2)10-8-18(28)14-17(25)15-22(24)29;/h2*16-22,24,28-29H,4-15H2,1-3H3,(H,27,30)(H,31,32,33);/q;;+2/p-2/t2*16-,17?,18-,19-,20?,21?,22-,24?,25+,26-;/m11./s1. The molecule has 2 amide bonds. The van der Waals surface area contributed by atoms with Gasteiger partial charge in [-0.15, -0.1) is 0 Å². The van der Waals surface area contributed by atoms with Crippen LogP contribution >= 0.6 is 0 Å². The van der Waals surface area contributed by atoms with Crippen molar-refractivity contribution in [2.75, 3.05) is 24.6 Å². The van der Waals surface area contributed by atoms with E-state index in [0.717, 1.165) is 103 Å². The van der Waals surface area contributed by atoms with E-state index < -0.39 is 31.7 Å². The van der Waals surface area contributed by atoms with Crippen LogP contribution in [-0.2, 0) is 46.9 Å². The van der Waals surface area contributed by atoms with Gasteiger partial charge in [0.2, 0.25) is 11.8 Å². The summed E-state index contributed by atoms with van der Waals surface area (Å²) in [7, 11) is -8.62. The zero-order valence-corrected chi connectivity index (χ0v) is 45.2. The van der Waals surface area contributed by atoms with Gasteiger partial charge < -0.3 is 40.2 Å². The van der Waals surface area contributed by atoms with Gasteiger partial charge in [-0.2, -0.15) is 0 Å². The van der Waals surface area contributed by atoms with E-state index in [1.165, 1.54) is 12.8 Å². The van der Waals surface area contributed by atoms with Crippen LogP contribution in [0.1, 0.15) is 170 Å². The molecule has 8 unspecified atom stereocenters. The Labute approximate surface area is 425 Å². The predicted molar refractivity (Wildman–Crippen MR) is 257 cm³/mol. The van der Waals surface area contributed by atoms with E-state index in [9.17, 15) is 56.0 Å². The SMILES string of the molecule is C[C@H](CCC(=O)NCCS(=O)(=O)[O-])[C@H]1CCC2C3C(CC[C@@]21C)[C@@]1(C)CC[C@@H](O)CC1C[C@H]3O.C[C@H](CCC(=O)NCCS(=O)(=O)[O-])[C@H]1CCC2C3C(CC[C@@]21C)[C@@]1(C)CC[C@@H](O)CC1C[C@H]3O.[Fe+2]. The van der Waals surface area contributed by atoms with E-state index in [4.69, 9.17) is 0 Å². The van der Waals surface area contributed by atoms with Gasteiger partial charge in [0, 0.05) is 25.9 Å². The number of hydrogen-bond acceptors (Lipinski definition) is 12. The van der Waals surface area contributed by atoms with Gasteiger partial charge in [0.05, 0.1) is 56.2 Å². The first-order chi connectivity index (χ1) is 31.7. The fourth-order valence-corrected chi connectivity index (χ4v) is 19.0. The minimum Gasteiger partial charge on any atom is -0.748 e. The smallest absolute Gasteiger partial charge is 0.748 e. The van der Waals surface area contributed by atoms with E-state index in [2.05, 4.69) is 52.2 Å². The van der Waals surface area contributed by atoms with Crippen LogP contribution in [0.2, 0.25) is 0 Å². The number of amides is 2. The zero-order chi connectivity index (χ0) is 49.8. The summed E-state index contributed by atoms with van der Waals surface area (Å²) in [6.45, 7) is 13.9. The largest absolute Gasteiger partial charge is 2.00 e. The number of rotatable bonds is 14. The molecule has 8 rings (SSSR count). The van der Waals surface area contributed by atoms with Crippen molar-refractivity contribution >= 4 is 32.1 Å². The molecule has 17 heteroatoms. The molecule has 14 nitrogen and oxygen atoms in total. The van der Waals surface area contributed by atoms with Crippen LogP contribution in [0.25, 0.3) is 0 Å². The molecule has 0 aromatic rings. The number of aliphatic hydroxyl groups is 4. The van der Waals surface area contributed by atoms with Crippen LogP contribution in [0, 0.1) is 92.7 Å². The van der Waals surface area contributed by atoms with E-state index >= 15 is 0 Å². The van der Waals surface area contributed by atoms with E-state index in [1.807, 2.05) is 0 Å². The molecule has 8 aliphatic carbocycles. The van der Waals surface area contributed by atoms with Crippen LogP contribution in [0.4, 0.5) is 0 Å². The van der Waals surface area contributed by atoms with E-state index in [0.29, 0.717) is 83.9 Å². The summed E-state index contributed by atoms with van der Waals surface area (Å²) < 4.78 is 64.3. The Hall–Kier alpha value is -0.881. The van der Waals surface area contributed by atoms with Crippen molar-refractivity contribution < 1.29 is 73.0 Å². The number of carbonyl (C=O) groups excluding carboxylic acids is 2. The van der Waals surface area contributed by atoms with E-state index in [-0.39, 0.29) is 88.0 Å². The minimum absolute atomic E-state index is 0. The van der Waals surface area contributed by atoms with Crippen molar-refractivity contribution in [2.45, 2.75) is 194 Å². The maximum absolute atomic E-state index is 12.2. The fourth-order valence-electron chi connectivity index (χ4n) is 18.3.